The van der Waals surface area contributed by atoms with Crippen LogP contribution in [0.1, 0.15) is 19.2 Å². The Kier molecular flexibility index (Phi) is 2.84. The second kappa shape index (κ2) is 4.11. The van der Waals surface area contributed by atoms with Gasteiger partial charge in [0.05, 0.1) is 9.21 Å². The van der Waals surface area contributed by atoms with Crippen LogP contribution in [-0.4, -0.2) is 15.2 Å². The van der Waals surface area contributed by atoms with E-state index in [4.69, 9.17) is 11.6 Å². The summed E-state index contributed by atoms with van der Waals surface area (Å²) >= 11 is 7.32. The summed E-state index contributed by atoms with van der Waals surface area (Å²) in [6.45, 7) is 2.12. The molecule has 0 saturated carbocycles. The van der Waals surface area contributed by atoms with Crippen LogP contribution in [0.3, 0.4) is 0 Å². The van der Waals surface area contributed by atoms with Gasteiger partial charge in [0, 0.05) is 6.42 Å². The van der Waals surface area contributed by atoms with Gasteiger partial charge in [-0.1, -0.05) is 18.5 Å². The number of aromatic nitrogens is 3. The smallest absolute Gasteiger partial charge is 0.191 e. The highest BCUT2D eigenvalue weighted by Gasteiger charge is 2.07. The number of aryl methyl sites for hydroxylation is 1. The molecule has 0 aliphatic heterocycles. The summed E-state index contributed by atoms with van der Waals surface area (Å²) in [6, 6.07) is 3.79. The maximum absolute atomic E-state index is 5.83. The number of hydrogen-bond donors (Lipinski definition) is 1. The van der Waals surface area contributed by atoms with Crippen LogP contribution in [0.4, 0.5) is 0 Å². The van der Waals surface area contributed by atoms with E-state index in [9.17, 15) is 0 Å². The highest BCUT2D eigenvalue weighted by Crippen LogP contribution is 2.28. The Balaban J connectivity index is 2.24. The summed E-state index contributed by atoms with van der Waals surface area (Å²) in [4.78, 5) is 5.38. The van der Waals surface area contributed by atoms with Crippen molar-refractivity contribution in [3.8, 4) is 10.7 Å². The molecule has 3 nitrogen and oxygen atoms in total. The third kappa shape index (κ3) is 1.96. The first-order chi connectivity index (χ1) is 6.79. The summed E-state index contributed by atoms with van der Waals surface area (Å²) in [5.41, 5.74) is 0. The van der Waals surface area contributed by atoms with Gasteiger partial charge in [0.15, 0.2) is 5.82 Å². The van der Waals surface area contributed by atoms with Gasteiger partial charge >= 0.3 is 0 Å². The number of aromatic amines is 1. The predicted molar refractivity (Wildman–Crippen MR) is 58.7 cm³/mol. The molecule has 1 N–H and O–H groups in total. The second-order valence-corrected chi connectivity index (χ2v) is 4.67. The van der Waals surface area contributed by atoms with Crippen LogP contribution in [-0.2, 0) is 6.42 Å². The molecule has 0 amide bonds. The van der Waals surface area contributed by atoms with Crippen LogP contribution in [0.5, 0.6) is 0 Å². The fraction of sp³-hybridized carbons (Fsp3) is 0.333. The summed E-state index contributed by atoms with van der Waals surface area (Å²) in [6.07, 6.45) is 2.01. The predicted octanol–water partition coefficient (Wildman–Crippen LogP) is 3.14. The molecule has 74 valence electrons. The minimum atomic E-state index is 0.741. The molecule has 0 bridgehead atoms. The number of nitrogens with one attached hydrogen (secondary N) is 1. The average molecular weight is 228 g/mol. The molecule has 0 unspecified atom stereocenters. The highest BCUT2D eigenvalue weighted by molar-refractivity contribution is 7.19. The van der Waals surface area contributed by atoms with Crippen molar-refractivity contribution in [2.24, 2.45) is 0 Å². The van der Waals surface area contributed by atoms with Crippen molar-refractivity contribution in [2.75, 3.05) is 0 Å². The third-order valence-electron chi connectivity index (χ3n) is 1.81. The van der Waals surface area contributed by atoms with E-state index in [1.807, 2.05) is 12.1 Å². The van der Waals surface area contributed by atoms with Crippen LogP contribution in [0.25, 0.3) is 10.7 Å². The van der Waals surface area contributed by atoms with Gasteiger partial charge in [0.25, 0.3) is 0 Å². The van der Waals surface area contributed by atoms with Gasteiger partial charge in [-0.15, -0.1) is 11.3 Å². The fourth-order valence-corrected chi connectivity index (χ4v) is 2.17. The number of halogens is 1. The highest BCUT2D eigenvalue weighted by atomic mass is 35.5. The summed E-state index contributed by atoms with van der Waals surface area (Å²) < 4.78 is 0.766. The van der Waals surface area contributed by atoms with Crippen molar-refractivity contribution in [2.45, 2.75) is 19.8 Å². The molecule has 0 aromatic carbocycles. The van der Waals surface area contributed by atoms with Gasteiger partial charge in [-0.25, -0.2) is 4.98 Å². The first kappa shape index (κ1) is 9.68. The minimum absolute atomic E-state index is 0.741. The molecule has 2 heterocycles. The molecular formula is C9H10ClN3S. The van der Waals surface area contributed by atoms with Crippen LogP contribution in [0.2, 0.25) is 4.34 Å². The summed E-state index contributed by atoms with van der Waals surface area (Å²) in [5, 5.41) is 7.05. The van der Waals surface area contributed by atoms with Gasteiger partial charge in [-0.3, -0.25) is 5.10 Å². The Morgan fingerprint density at radius 3 is 3.00 bits per heavy atom. The van der Waals surface area contributed by atoms with Crippen molar-refractivity contribution in [1.82, 2.24) is 15.2 Å². The number of H-pyrrole nitrogens is 1. The molecule has 2 rings (SSSR count). The lowest BCUT2D eigenvalue weighted by Crippen LogP contribution is -1.84. The molecular weight excluding hydrogens is 218 g/mol. The topological polar surface area (TPSA) is 41.6 Å². The Bertz CT molecular complexity index is 421. The van der Waals surface area contributed by atoms with Gasteiger partial charge in [-0.2, -0.15) is 5.10 Å². The first-order valence-electron chi connectivity index (χ1n) is 4.46. The number of hydrogen-bond acceptors (Lipinski definition) is 3. The lowest BCUT2D eigenvalue weighted by Gasteiger charge is -1.86. The molecule has 0 fully saturated rings. The fourth-order valence-electron chi connectivity index (χ4n) is 1.19. The molecule has 14 heavy (non-hydrogen) atoms. The summed E-state index contributed by atoms with van der Waals surface area (Å²) in [5.74, 6) is 1.68. The molecule has 5 heteroatoms. The van der Waals surface area contributed by atoms with Crippen molar-refractivity contribution >= 4 is 22.9 Å². The zero-order valence-electron chi connectivity index (χ0n) is 7.75. The van der Waals surface area contributed by atoms with Crippen molar-refractivity contribution in [1.29, 1.82) is 0 Å². The van der Waals surface area contributed by atoms with Gasteiger partial charge in [0.2, 0.25) is 0 Å². The van der Waals surface area contributed by atoms with Crippen LogP contribution in [0.15, 0.2) is 12.1 Å². The van der Waals surface area contributed by atoms with Crippen molar-refractivity contribution < 1.29 is 0 Å². The van der Waals surface area contributed by atoms with Gasteiger partial charge in [0.1, 0.15) is 5.82 Å². The molecule has 0 saturated heterocycles. The molecule has 2 aromatic heterocycles. The van der Waals surface area contributed by atoms with E-state index in [0.29, 0.717) is 0 Å². The Labute approximate surface area is 91.1 Å². The monoisotopic (exact) mass is 227 g/mol. The third-order valence-corrected chi connectivity index (χ3v) is 3.04. The molecule has 0 radical (unpaired) electrons. The van der Waals surface area contributed by atoms with E-state index in [1.54, 1.807) is 0 Å². The molecule has 2 aromatic rings. The van der Waals surface area contributed by atoms with Crippen LogP contribution >= 0.6 is 22.9 Å². The van der Waals surface area contributed by atoms with E-state index >= 15 is 0 Å². The van der Waals surface area contributed by atoms with E-state index in [1.165, 1.54) is 11.3 Å². The molecule has 0 spiro atoms. The van der Waals surface area contributed by atoms with E-state index in [0.717, 1.165) is 33.7 Å². The maximum Gasteiger partial charge on any atom is 0.191 e. The Morgan fingerprint density at radius 2 is 2.36 bits per heavy atom. The standard InChI is InChI=1S/C9H10ClN3S/c1-2-3-8-11-9(13-12-8)6-4-5-7(10)14-6/h4-5H,2-3H2,1H3,(H,11,12,13). The lowest BCUT2D eigenvalue weighted by atomic mass is 10.3. The number of nitrogens with zero attached hydrogens (tertiary/aromatic N) is 2. The quantitative estimate of drug-likeness (QED) is 0.875. The lowest BCUT2D eigenvalue weighted by molar-refractivity contribution is 0.841. The van der Waals surface area contributed by atoms with E-state index in [2.05, 4.69) is 22.1 Å². The van der Waals surface area contributed by atoms with Crippen molar-refractivity contribution in [3.05, 3.63) is 22.3 Å². The number of thiophene rings is 1. The van der Waals surface area contributed by atoms with E-state index in [-0.39, 0.29) is 0 Å². The summed E-state index contributed by atoms with van der Waals surface area (Å²) in [7, 11) is 0. The van der Waals surface area contributed by atoms with Gasteiger partial charge < -0.3 is 0 Å². The van der Waals surface area contributed by atoms with Crippen LogP contribution < -0.4 is 0 Å². The zero-order valence-corrected chi connectivity index (χ0v) is 9.32. The minimum Gasteiger partial charge on any atom is -0.263 e. The Hall–Kier alpha value is -0.870. The largest absolute Gasteiger partial charge is 0.263 e. The molecule has 0 aliphatic carbocycles. The SMILES string of the molecule is CCCc1nc(-c2ccc(Cl)s2)n[nH]1. The average Bonchev–Trinajstić information content (AvgIpc) is 2.74. The first-order valence-corrected chi connectivity index (χ1v) is 5.66. The second-order valence-electron chi connectivity index (χ2n) is 2.96. The van der Waals surface area contributed by atoms with Crippen LogP contribution in [0, 0.1) is 0 Å². The van der Waals surface area contributed by atoms with E-state index < -0.39 is 0 Å². The number of rotatable bonds is 3. The maximum atomic E-state index is 5.83. The zero-order chi connectivity index (χ0) is 9.97. The Morgan fingerprint density at radius 1 is 1.50 bits per heavy atom. The van der Waals surface area contributed by atoms with Crippen molar-refractivity contribution in [3.63, 3.8) is 0 Å². The molecule has 0 aliphatic rings. The normalized spacial score (nSPS) is 10.7. The van der Waals surface area contributed by atoms with Gasteiger partial charge in [-0.05, 0) is 18.6 Å². The molecule has 0 atom stereocenters.